The Morgan fingerprint density at radius 3 is 2.36 bits per heavy atom. The molecule has 6 heteroatoms. The lowest BCUT2D eigenvalue weighted by atomic mass is 10.1. The third-order valence-electron chi connectivity index (χ3n) is 1.90. The van der Waals surface area contributed by atoms with E-state index in [-0.39, 0.29) is 11.8 Å². The van der Waals surface area contributed by atoms with Crippen molar-refractivity contribution in [3.05, 3.63) is 30.4 Å². The van der Waals surface area contributed by atoms with Gasteiger partial charge in [0.05, 0.1) is 34.0 Å². The molecule has 2 rings (SSSR count). The Morgan fingerprint density at radius 1 is 1.07 bits per heavy atom. The summed E-state index contributed by atoms with van der Waals surface area (Å²) in [5.41, 5.74) is 1.05. The molecule has 72 valence electrons. The van der Waals surface area contributed by atoms with Crippen molar-refractivity contribution >= 4 is 79.9 Å². The van der Waals surface area contributed by atoms with Crippen LogP contribution in [-0.4, -0.2) is 14.9 Å². The van der Waals surface area contributed by atoms with Crippen molar-refractivity contribution in [2.75, 3.05) is 0 Å². The SMILES string of the molecule is O=C1c2ccc(I)c(I)c2C(=O)N1I. The highest BCUT2D eigenvalue weighted by Gasteiger charge is 2.36. The molecular weight excluding hydrogens is 523 g/mol. The highest BCUT2D eigenvalue weighted by atomic mass is 127. The molecule has 0 atom stereocenters. The number of halogens is 3. The molecule has 0 saturated heterocycles. The van der Waals surface area contributed by atoms with Crippen molar-refractivity contribution in [3.63, 3.8) is 0 Å². The summed E-state index contributed by atoms with van der Waals surface area (Å²) in [5, 5.41) is 0. The maximum atomic E-state index is 11.7. The normalized spacial score (nSPS) is 14.9. The minimum atomic E-state index is -0.222. The lowest BCUT2D eigenvalue weighted by Crippen LogP contribution is -2.17. The second-order valence-electron chi connectivity index (χ2n) is 2.68. The molecule has 0 unspecified atom stereocenters. The molecule has 1 aliphatic heterocycles. The van der Waals surface area contributed by atoms with Crippen LogP contribution >= 0.6 is 68.0 Å². The predicted molar refractivity (Wildman–Crippen MR) is 76.4 cm³/mol. The molecule has 0 spiro atoms. The number of benzene rings is 1. The predicted octanol–water partition coefficient (Wildman–Crippen LogP) is 2.84. The second-order valence-corrected chi connectivity index (χ2v) is 5.88. The molecule has 1 aromatic rings. The van der Waals surface area contributed by atoms with Gasteiger partial charge in [0.1, 0.15) is 0 Å². The van der Waals surface area contributed by atoms with Crippen molar-refractivity contribution < 1.29 is 9.59 Å². The van der Waals surface area contributed by atoms with Crippen molar-refractivity contribution in [2.45, 2.75) is 0 Å². The minimum Gasteiger partial charge on any atom is -0.268 e. The molecule has 0 aromatic heterocycles. The van der Waals surface area contributed by atoms with Crippen LogP contribution in [0.25, 0.3) is 0 Å². The van der Waals surface area contributed by atoms with Crippen LogP contribution in [0.2, 0.25) is 0 Å². The number of imide groups is 1. The molecule has 0 aliphatic carbocycles. The number of hydrogen-bond acceptors (Lipinski definition) is 2. The van der Waals surface area contributed by atoms with E-state index < -0.39 is 0 Å². The van der Waals surface area contributed by atoms with Crippen molar-refractivity contribution in [2.24, 2.45) is 0 Å². The molecule has 14 heavy (non-hydrogen) atoms. The maximum Gasteiger partial charge on any atom is 0.271 e. The Hall–Kier alpha value is 0.550. The molecule has 2 amide bonds. The van der Waals surface area contributed by atoms with Gasteiger partial charge in [0, 0.05) is 7.14 Å². The fourth-order valence-corrected chi connectivity index (χ4v) is 2.89. The number of nitrogens with zero attached hydrogens (tertiary/aromatic N) is 1. The average molecular weight is 525 g/mol. The topological polar surface area (TPSA) is 37.4 Å². The van der Waals surface area contributed by atoms with Crippen LogP contribution in [0, 0.1) is 7.14 Å². The molecule has 1 heterocycles. The van der Waals surface area contributed by atoms with Crippen molar-refractivity contribution in [1.82, 2.24) is 3.11 Å². The van der Waals surface area contributed by atoms with Gasteiger partial charge < -0.3 is 0 Å². The molecule has 0 N–H and O–H groups in total. The Morgan fingerprint density at radius 2 is 1.71 bits per heavy atom. The van der Waals surface area contributed by atoms with Gasteiger partial charge in [-0.3, -0.25) is 9.59 Å². The van der Waals surface area contributed by atoms with E-state index in [0.29, 0.717) is 11.1 Å². The summed E-state index contributed by atoms with van der Waals surface area (Å²) in [6, 6.07) is 3.56. The number of carbonyl (C=O) groups is 2. The van der Waals surface area contributed by atoms with Crippen LogP contribution in [-0.2, 0) is 0 Å². The van der Waals surface area contributed by atoms with Crippen LogP contribution in [0.15, 0.2) is 12.1 Å². The smallest absolute Gasteiger partial charge is 0.268 e. The van der Waals surface area contributed by atoms with Gasteiger partial charge in [0.25, 0.3) is 11.8 Å². The van der Waals surface area contributed by atoms with Crippen LogP contribution in [0.5, 0.6) is 0 Å². The highest BCUT2D eigenvalue weighted by Crippen LogP contribution is 2.31. The minimum absolute atomic E-state index is 0.214. The Labute approximate surface area is 121 Å². The Kier molecular flexibility index (Phi) is 3.04. The Balaban J connectivity index is 2.76. The van der Waals surface area contributed by atoms with Gasteiger partial charge >= 0.3 is 0 Å². The van der Waals surface area contributed by atoms with Crippen LogP contribution in [0.4, 0.5) is 0 Å². The zero-order chi connectivity index (χ0) is 10.5. The number of rotatable bonds is 0. The molecule has 0 radical (unpaired) electrons. The largest absolute Gasteiger partial charge is 0.271 e. The second kappa shape index (κ2) is 3.85. The number of fused-ring (bicyclic) bond motifs is 1. The summed E-state index contributed by atoms with van der Waals surface area (Å²) in [6.45, 7) is 0. The standard InChI is InChI=1S/C8H2I3NO2/c9-4-2-1-3-5(6(4)10)8(14)12(11)7(3)13/h1-2H. The monoisotopic (exact) mass is 525 g/mol. The zero-order valence-electron chi connectivity index (χ0n) is 6.55. The van der Waals surface area contributed by atoms with Gasteiger partial charge in [-0.05, 0) is 57.3 Å². The summed E-state index contributed by atoms with van der Waals surface area (Å²) in [7, 11) is 0. The molecular formula is C8H2I3NO2. The van der Waals surface area contributed by atoms with E-state index in [1.54, 1.807) is 28.9 Å². The maximum absolute atomic E-state index is 11.7. The molecule has 0 bridgehead atoms. The first-order valence-electron chi connectivity index (χ1n) is 3.56. The number of carbonyl (C=O) groups excluding carboxylic acids is 2. The van der Waals surface area contributed by atoms with Gasteiger partial charge in [-0.1, -0.05) is 0 Å². The van der Waals surface area contributed by atoms with E-state index in [9.17, 15) is 9.59 Å². The third-order valence-corrected chi connectivity index (χ3v) is 5.82. The van der Waals surface area contributed by atoms with Crippen LogP contribution in [0.3, 0.4) is 0 Å². The molecule has 0 fully saturated rings. The molecule has 1 aromatic carbocycles. The van der Waals surface area contributed by atoms with E-state index >= 15 is 0 Å². The molecule has 3 nitrogen and oxygen atoms in total. The first kappa shape index (κ1) is 11.0. The van der Waals surface area contributed by atoms with E-state index in [2.05, 4.69) is 45.2 Å². The highest BCUT2D eigenvalue weighted by molar-refractivity contribution is 14.1. The quantitative estimate of drug-likeness (QED) is 0.297. The van der Waals surface area contributed by atoms with E-state index in [1.165, 1.54) is 0 Å². The van der Waals surface area contributed by atoms with E-state index in [4.69, 9.17) is 0 Å². The van der Waals surface area contributed by atoms with Gasteiger partial charge in [-0.2, -0.15) is 0 Å². The molecule has 0 saturated carbocycles. The summed E-state index contributed by atoms with van der Waals surface area (Å²) in [4.78, 5) is 23.2. The Bertz CT molecular complexity index is 458. The lowest BCUT2D eigenvalue weighted by Gasteiger charge is -2.01. The lowest BCUT2D eigenvalue weighted by molar-refractivity contribution is 0.0796. The third kappa shape index (κ3) is 1.49. The van der Waals surface area contributed by atoms with Crippen molar-refractivity contribution in [3.8, 4) is 0 Å². The molecule has 1 aliphatic rings. The van der Waals surface area contributed by atoms with Gasteiger partial charge in [0.2, 0.25) is 0 Å². The van der Waals surface area contributed by atoms with Crippen molar-refractivity contribution in [1.29, 1.82) is 0 Å². The van der Waals surface area contributed by atoms with Crippen LogP contribution in [0.1, 0.15) is 20.7 Å². The summed E-state index contributed by atoms with van der Waals surface area (Å²) in [5.74, 6) is -0.437. The first-order chi connectivity index (χ1) is 6.54. The van der Waals surface area contributed by atoms with Gasteiger partial charge in [0.15, 0.2) is 0 Å². The van der Waals surface area contributed by atoms with E-state index in [1.807, 2.05) is 6.07 Å². The van der Waals surface area contributed by atoms with Gasteiger partial charge in [-0.15, -0.1) is 0 Å². The van der Waals surface area contributed by atoms with Gasteiger partial charge in [-0.25, -0.2) is 3.11 Å². The van der Waals surface area contributed by atoms with E-state index in [0.717, 1.165) is 10.3 Å². The zero-order valence-corrected chi connectivity index (χ0v) is 13.0. The average Bonchev–Trinajstić information content (AvgIpc) is 2.38. The fourth-order valence-electron chi connectivity index (χ4n) is 1.23. The first-order valence-corrected chi connectivity index (χ1v) is 6.69. The summed E-state index contributed by atoms with van der Waals surface area (Å²) in [6.07, 6.45) is 0. The number of amides is 2. The number of hydrogen-bond donors (Lipinski definition) is 0. The van der Waals surface area contributed by atoms with Crippen LogP contribution < -0.4 is 0 Å². The summed E-state index contributed by atoms with van der Waals surface area (Å²) < 4.78 is 2.98. The fraction of sp³-hybridized carbons (Fsp3) is 0. The summed E-state index contributed by atoms with van der Waals surface area (Å²) >= 11 is 5.98.